The summed E-state index contributed by atoms with van der Waals surface area (Å²) in [6, 6.07) is 19.9. The number of halogens is 1. The van der Waals surface area contributed by atoms with Gasteiger partial charge in [-0.2, -0.15) is 0 Å². The molecule has 1 heterocycles. The first-order valence-electron chi connectivity index (χ1n) is 12.9. The maximum absolute atomic E-state index is 13.9. The number of allylic oxidation sites excluding steroid dienone is 6. The highest BCUT2D eigenvalue weighted by Gasteiger charge is 2.57. The van der Waals surface area contributed by atoms with Gasteiger partial charge in [0, 0.05) is 28.7 Å². The van der Waals surface area contributed by atoms with Gasteiger partial charge in [0.2, 0.25) is 11.8 Å². The Labute approximate surface area is 232 Å². The normalized spacial score (nSPS) is 26.3. The molecule has 0 spiro atoms. The van der Waals surface area contributed by atoms with Crippen LogP contribution >= 0.6 is 15.9 Å². The van der Waals surface area contributed by atoms with Crippen molar-refractivity contribution in [1.29, 1.82) is 0 Å². The van der Waals surface area contributed by atoms with Gasteiger partial charge in [0.1, 0.15) is 5.75 Å². The van der Waals surface area contributed by atoms with Crippen LogP contribution in [0.1, 0.15) is 24.3 Å². The maximum atomic E-state index is 13.9. The molecule has 7 rings (SSSR count). The highest BCUT2D eigenvalue weighted by Crippen LogP contribution is 2.57. The molecule has 0 bridgehead atoms. The van der Waals surface area contributed by atoms with Gasteiger partial charge in [0.25, 0.3) is 0 Å². The third-order valence-electron chi connectivity index (χ3n) is 8.58. The molecule has 4 aliphatic rings. The standard InChI is InChI=1S/C32H22BrNO5/c33-23-15-25(36)28-22(30(23)37)14-21-19(29(28)27-18-9-5-4-6-16(18)10-13-24(27)35)11-12-20-26(21)32(39)34(31(20)38)17-7-2-1-3-8-17/h1-11,13,15,20-21,26,29,35H,12,14H2. The minimum absolute atomic E-state index is 0.0165. The van der Waals surface area contributed by atoms with Gasteiger partial charge in [-0.05, 0) is 63.7 Å². The van der Waals surface area contributed by atoms with Crippen LogP contribution < -0.4 is 4.90 Å². The zero-order valence-electron chi connectivity index (χ0n) is 20.6. The number of amides is 2. The fourth-order valence-corrected chi connectivity index (χ4v) is 7.40. The summed E-state index contributed by atoms with van der Waals surface area (Å²) >= 11 is 3.26. The first-order chi connectivity index (χ1) is 18.9. The van der Waals surface area contributed by atoms with E-state index >= 15 is 0 Å². The molecule has 6 nitrogen and oxygen atoms in total. The molecule has 1 aliphatic heterocycles. The van der Waals surface area contributed by atoms with Gasteiger partial charge in [0.15, 0.2) is 11.6 Å². The van der Waals surface area contributed by atoms with E-state index in [1.54, 1.807) is 30.3 Å². The highest BCUT2D eigenvalue weighted by molar-refractivity contribution is 9.12. The average Bonchev–Trinajstić information content (AvgIpc) is 3.21. The number of ketones is 2. The first-order valence-corrected chi connectivity index (χ1v) is 13.7. The number of carbonyl (C=O) groups excluding carboxylic acids is 4. The lowest BCUT2D eigenvalue weighted by Gasteiger charge is -2.42. The van der Waals surface area contributed by atoms with Crippen molar-refractivity contribution in [1.82, 2.24) is 0 Å². The summed E-state index contributed by atoms with van der Waals surface area (Å²) in [6.45, 7) is 0. The Kier molecular flexibility index (Phi) is 5.36. The number of phenols is 1. The van der Waals surface area contributed by atoms with Gasteiger partial charge >= 0.3 is 0 Å². The van der Waals surface area contributed by atoms with Crippen LogP contribution in [0, 0.1) is 17.8 Å². The molecule has 1 N–H and O–H groups in total. The smallest absolute Gasteiger partial charge is 0.238 e. The second kappa shape index (κ2) is 8.71. The molecular weight excluding hydrogens is 558 g/mol. The minimum Gasteiger partial charge on any atom is -0.508 e. The Morgan fingerprint density at radius 2 is 1.59 bits per heavy atom. The van der Waals surface area contributed by atoms with Crippen LogP contribution in [0.5, 0.6) is 5.75 Å². The van der Waals surface area contributed by atoms with E-state index < -0.39 is 23.7 Å². The van der Waals surface area contributed by atoms with Crippen LogP contribution in [0.2, 0.25) is 0 Å². The Morgan fingerprint density at radius 1 is 0.846 bits per heavy atom. The summed E-state index contributed by atoms with van der Waals surface area (Å²) in [7, 11) is 0. The summed E-state index contributed by atoms with van der Waals surface area (Å²) in [5, 5.41) is 12.9. The number of hydrogen-bond acceptors (Lipinski definition) is 5. The quantitative estimate of drug-likeness (QED) is 0.245. The molecule has 0 aromatic heterocycles. The lowest BCUT2D eigenvalue weighted by atomic mass is 9.59. The van der Waals surface area contributed by atoms with E-state index in [-0.39, 0.29) is 40.0 Å². The Balaban J connectivity index is 1.44. The average molecular weight is 580 g/mol. The van der Waals surface area contributed by atoms with Crippen LogP contribution in [-0.2, 0) is 19.2 Å². The Hall–Kier alpha value is -4.10. The van der Waals surface area contributed by atoms with E-state index in [0.717, 1.165) is 16.3 Å². The summed E-state index contributed by atoms with van der Waals surface area (Å²) in [5.74, 6) is -3.52. The molecule has 39 heavy (non-hydrogen) atoms. The van der Waals surface area contributed by atoms with E-state index in [2.05, 4.69) is 15.9 Å². The van der Waals surface area contributed by atoms with Crippen LogP contribution in [0.15, 0.2) is 100 Å². The number of rotatable bonds is 2. The van der Waals surface area contributed by atoms with Crippen molar-refractivity contribution in [2.24, 2.45) is 17.8 Å². The summed E-state index contributed by atoms with van der Waals surface area (Å²) in [5.41, 5.74) is 2.56. The molecule has 192 valence electrons. The van der Waals surface area contributed by atoms with Crippen molar-refractivity contribution in [2.75, 3.05) is 4.90 Å². The molecule has 7 heteroatoms. The van der Waals surface area contributed by atoms with Gasteiger partial charge in [-0.3, -0.25) is 24.1 Å². The lowest BCUT2D eigenvalue weighted by Crippen LogP contribution is -2.39. The van der Waals surface area contributed by atoms with E-state index in [4.69, 9.17) is 0 Å². The SMILES string of the molecule is O=C1C=C(Br)C(=O)C2=C1C(c1c(O)ccc3ccccc13)C1=CCC3C(=O)N(c4ccccc4)C(=O)C3C1C2. The lowest BCUT2D eigenvalue weighted by molar-refractivity contribution is -0.123. The number of fused-ring (bicyclic) bond motifs is 4. The number of Topliss-reactive ketones (excluding diaryl/α,β-unsaturated/α-hetero) is 1. The largest absolute Gasteiger partial charge is 0.508 e. The molecule has 4 atom stereocenters. The monoisotopic (exact) mass is 579 g/mol. The second-order valence-corrected chi connectivity index (χ2v) is 11.3. The maximum Gasteiger partial charge on any atom is 0.238 e. The molecular formula is C32H22BrNO5. The number of nitrogens with zero attached hydrogens (tertiary/aromatic N) is 1. The Bertz CT molecular complexity index is 1730. The van der Waals surface area contributed by atoms with Crippen molar-refractivity contribution in [2.45, 2.75) is 18.8 Å². The van der Waals surface area contributed by atoms with Gasteiger partial charge in [-0.15, -0.1) is 0 Å². The predicted octanol–water partition coefficient (Wildman–Crippen LogP) is 5.51. The van der Waals surface area contributed by atoms with Crippen molar-refractivity contribution >= 4 is 55.8 Å². The zero-order chi connectivity index (χ0) is 27.0. The number of anilines is 1. The van der Waals surface area contributed by atoms with E-state index in [1.165, 1.54) is 11.0 Å². The molecule has 2 amide bonds. The van der Waals surface area contributed by atoms with Gasteiger partial charge in [0.05, 0.1) is 22.0 Å². The molecule has 0 radical (unpaired) electrons. The Morgan fingerprint density at radius 3 is 2.38 bits per heavy atom. The number of aromatic hydroxyl groups is 1. The molecule has 1 saturated heterocycles. The van der Waals surface area contributed by atoms with Crippen LogP contribution in [0.25, 0.3) is 10.8 Å². The topological polar surface area (TPSA) is 91.8 Å². The van der Waals surface area contributed by atoms with Crippen molar-refractivity contribution in [3.8, 4) is 5.75 Å². The van der Waals surface area contributed by atoms with Crippen LogP contribution in [-0.4, -0.2) is 28.5 Å². The fraction of sp³-hybridized carbons (Fsp3) is 0.188. The molecule has 3 aromatic rings. The summed E-state index contributed by atoms with van der Waals surface area (Å²) < 4.78 is 0.173. The van der Waals surface area contributed by atoms with E-state index in [9.17, 15) is 24.3 Å². The van der Waals surface area contributed by atoms with Gasteiger partial charge in [-0.25, -0.2) is 0 Å². The first kappa shape index (κ1) is 24.0. The molecule has 1 fully saturated rings. The number of para-hydroxylation sites is 1. The molecule has 3 aromatic carbocycles. The number of phenolic OH excluding ortho intramolecular Hbond substituents is 1. The van der Waals surface area contributed by atoms with Gasteiger partial charge < -0.3 is 5.11 Å². The molecule has 3 aliphatic carbocycles. The molecule has 4 unspecified atom stereocenters. The number of benzene rings is 3. The van der Waals surface area contributed by atoms with Crippen molar-refractivity contribution in [3.63, 3.8) is 0 Å². The van der Waals surface area contributed by atoms with Crippen molar-refractivity contribution in [3.05, 3.63) is 106 Å². The highest BCUT2D eigenvalue weighted by atomic mass is 79.9. The molecule has 0 saturated carbocycles. The minimum atomic E-state index is -0.715. The summed E-state index contributed by atoms with van der Waals surface area (Å²) in [6.07, 6.45) is 3.78. The second-order valence-electron chi connectivity index (χ2n) is 10.5. The van der Waals surface area contributed by atoms with E-state index in [0.29, 0.717) is 28.8 Å². The third-order valence-corrected chi connectivity index (χ3v) is 9.17. The van der Waals surface area contributed by atoms with Gasteiger partial charge in [-0.1, -0.05) is 60.2 Å². The van der Waals surface area contributed by atoms with Crippen LogP contribution in [0.3, 0.4) is 0 Å². The summed E-state index contributed by atoms with van der Waals surface area (Å²) in [4.78, 5) is 55.7. The van der Waals surface area contributed by atoms with Crippen LogP contribution in [0.4, 0.5) is 5.69 Å². The van der Waals surface area contributed by atoms with E-state index in [1.807, 2.05) is 42.5 Å². The third kappa shape index (κ3) is 3.39. The fourth-order valence-electron chi connectivity index (χ4n) is 6.96. The predicted molar refractivity (Wildman–Crippen MR) is 149 cm³/mol. The number of imide groups is 1. The number of hydrogen-bond donors (Lipinski definition) is 1. The number of carbonyl (C=O) groups is 4. The zero-order valence-corrected chi connectivity index (χ0v) is 22.2. The van der Waals surface area contributed by atoms with Crippen molar-refractivity contribution < 1.29 is 24.3 Å².